The Morgan fingerprint density at radius 1 is 1.15 bits per heavy atom. The van der Waals surface area contributed by atoms with Gasteiger partial charge in [-0.25, -0.2) is 0 Å². The van der Waals surface area contributed by atoms with Crippen molar-refractivity contribution in [3.63, 3.8) is 0 Å². The molecule has 1 N–H and O–H groups in total. The summed E-state index contributed by atoms with van der Waals surface area (Å²) in [6.45, 7) is 4.94. The lowest BCUT2D eigenvalue weighted by molar-refractivity contribution is -0.172. The molecule has 1 saturated carbocycles. The molecule has 0 bridgehead atoms. The monoisotopic (exact) mass is 382 g/mol. The lowest BCUT2D eigenvalue weighted by atomic mass is 9.62. The summed E-state index contributed by atoms with van der Waals surface area (Å²) >= 11 is 5.93. The molecule has 0 heterocycles. The normalized spacial score (nSPS) is 28.5. The number of Topliss-reactive ketones (excluding diaryl/α,β-unsaturated/α-hetero) is 1. The van der Waals surface area contributed by atoms with Gasteiger partial charge in [0.15, 0.2) is 5.78 Å². The minimum atomic E-state index is -1.64. The van der Waals surface area contributed by atoms with Crippen LogP contribution in [-0.2, 0) is 23.9 Å². The molecule has 0 amide bonds. The van der Waals surface area contributed by atoms with Crippen LogP contribution in [0.5, 0.6) is 0 Å². The molecule has 0 radical (unpaired) electrons. The number of carbonyl (C=O) groups excluding carboxylic acids is 3. The Hall–Kier alpha value is -1.92. The lowest BCUT2D eigenvalue weighted by Crippen LogP contribution is -2.55. The molecule has 1 aromatic rings. The lowest BCUT2D eigenvalue weighted by Gasteiger charge is -2.43. The predicted octanol–water partition coefficient (Wildman–Crippen LogP) is 2.51. The second-order valence-electron chi connectivity index (χ2n) is 6.54. The Labute approximate surface area is 157 Å². The first kappa shape index (κ1) is 20.4. The van der Waals surface area contributed by atoms with E-state index in [2.05, 4.69) is 0 Å². The number of ketones is 1. The van der Waals surface area contributed by atoms with E-state index in [9.17, 15) is 19.5 Å². The Balaban J connectivity index is 2.59. The number of ether oxygens (including phenoxy) is 2. The number of hydrogen-bond acceptors (Lipinski definition) is 6. The maximum absolute atomic E-state index is 12.7. The summed E-state index contributed by atoms with van der Waals surface area (Å²) in [4.78, 5) is 37.8. The Morgan fingerprint density at radius 3 is 2.23 bits per heavy atom. The second-order valence-corrected chi connectivity index (χ2v) is 6.97. The molecule has 1 aliphatic carbocycles. The smallest absolute Gasteiger partial charge is 0.317 e. The van der Waals surface area contributed by atoms with Gasteiger partial charge in [0.25, 0.3) is 0 Å². The number of carbonyl (C=O) groups is 3. The molecular weight excluding hydrogens is 360 g/mol. The minimum Gasteiger partial charge on any atom is -0.466 e. The summed E-state index contributed by atoms with van der Waals surface area (Å²) in [6, 6.07) is 6.49. The average molecular weight is 383 g/mol. The predicted molar refractivity (Wildman–Crippen MR) is 94.7 cm³/mol. The Morgan fingerprint density at radius 2 is 1.69 bits per heavy atom. The average Bonchev–Trinajstić information content (AvgIpc) is 2.54. The van der Waals surface area contributed by atoms with Crippen molar-refractivity contribution < 1.29 is 29.0 Å². The van der Waals surface area contributed by atoms with E-state index in [0.717, 1.165) is 0 Å². The van der Waals surface area contributed by atoms with E-state index in [0.29, 0.717) is 10.6 Å². The van der Waals surface area contributed by atoms with E-state index in [1.807, 2.05) is 0 Å². The molecule has 142 valence electrons. The molecule has 2 rings (SSSR count). The maximum Gasteiger partial charge on any atom is 0.317 e. The highest BCUT2D eigenvalue weighted by Crippen LogP contribution is 2.46. The largest absolute Gasteiger partial charge is 0.466 e. The fourth-order valence-electron chi connectivity index (χ4n) is 3.56. The molecular formula is C19H23ClO6. The molecule has 6 nitrogen and oxygen atoms in total. The van der Waals surface area contributed by atoms with Gasteiger partial charge < -0.3 is 14.6 Å². The van der Waals surface area contributed by atoms with Crippen LogP contribution in [0.4, 0.5) is 0 Å². The summed E-state index contributed by atoms with van der Waals surface area (Å²) < 4.78 is 10.2. The van der Waals surface area contributed by atoms with Crippen LogP contribution >= 0.6 is 11.6 Å². The molecule has 1 fully saturated rings. The van der Waals surface area contributed by atoms with Crippen molar-refractivity contribution in [2.45, 2.75) is 38.7 Å². The van der Waals surface area contributed by atoms with E-state index in [1.54, 1.807) is 38.1 Å². The highest BCUT2D eigenvalue weighted by molar-refractivity contribution is 6.30. The summed E-state index contributed by atoms with van der Waals surface area (Å²) in [7, 11) is 0. The van der Waals surface area contributed by atoms with E-state index < -0.39 is 41.1 Å². The van der Waals surface area contributed by atoms with Crippen LogP contribution in [0.3, 0.4) is 0 Å². The molecule has 0 spiro atoms. The zero-order valence-electron chi connectivity index (χ0n) is 15.0. The molecule has 1 aliphatic rings. The molecule has 0 aliphatic heterocycles. The zero-order valence-corrected chi connectivity index (χ0v) is 15.8. The van der Waals surface area contributed by atoms with Crippen LogP contribution in [0.1, 0.15) is 38.7 Å². The van der Waals surface area contributed by atoms with Gasteiger partial charge in [0.05, 0.1) is 24.7 Å². The number of hydrogen-bond donors (Lipinski definition) is 1. The molecule has 0 aromatic heterocycles. The Kier molecular flexibility index (Phi) is 6.42. The van der Waals surface area contributed by atoms with Gasteiger partial charge in [-0.3, -0.25) is 14.4 Å². The number of aliphatic hydroxyl groups is 1. The van der Waals surface area contributed by atoms with Crippen molar-refractivity contribution in [1.29, 1.82) is 0 Å². The highest BCUT2D eigenvalue weighted by atomic mass is 35.5. The number of halogens is 1. The summed E-state index contributed by atoms with van der Waals surface area (Å²) in [6.07, 6.45) is -0.329. The molecule has 26 heavy (non-hydrogen) atoms. The van der Waals surface area contributed by atoms with Crippen LogP contribution < -0.4 is 0 Å². The third-order valence-corrected chi connectivity index (χ3v) is 4.86. The first-order valence-corrected chi connectivity index (χ1v) is 8.94. The van der Waals surface area contributed by atoms with Crippen molar-refractivity contribution >= 4 is 29.3 Å². The Bertz CT molecular complexity index is 682. The van der Waals surface area contributed by atoms with Gasteiger partial charge in [-0.15, -0.1) is 0 Å². The van der Waals surface area contributed by atoms with Gasteiger partial charge in [0, 0.05) is 17.4 Å². The molecule has 1 aromatic carbocycles. The standard InChI is InChI=1S/C19H23ClO6/c1-4-25-17(22)15-13(21)10-19(3,24)16(18(23)26-5-2)14(15)11-6-8-12(20)9-7-11/h6-9,14-16,24H,4-5,10H2,1-3H3/t14-,15+,16-,19+/m0/s1. The molecule has 7 heteroatoms. The van der Waals surface area contributed by atoms with Crippen molar-refractivity contribution in [2.75, 3.05) is 13.2 Å². The van der Waals surface area contributed by atoms with Crippen molar-refractivity contribution in [2.24, 2.45) is 11.8 Å². The molecule has 0 saturated heterocycles. The topological polar surface area (TPSA) is 89.9 Å². The minimum absolute atomic E-state index is 0.108. The molecule has 0 unspecified atom stereocenters. The van der Waals surface area contributed by atoms with Crippen LogP contribution in [0.15, 0.2) is 24.3 Å². The number of rotatable bonds is 5. The van der Waals surface area contributed by atoms with Crippen LogP contribution in [0.25, 0.3) is 0 Å². The quantitative estimate of drug-likeness (QED) is 0.621. The number of benzene rings is 1. The third-order valence-electron chi connectivity index (χ3n) is 4.60. The van der Waals surface area contributed by atoms with Gasteiger partial charge in [-0.2, -0.15) is 0 Å². The fourth-order valence-corrected chi connectivity index (χ4v) is 3.69. The highest BCUT2D eigenvalue weighted by Gasteiger charge is 2.57. The van der Waals surface area contributed by atoms with Gasteiger partial charge in [0.2, 0.25) is 0 Å². The van der Waals surface area contributed by atoms with E-state index >= 15 is 0 Å². The first-order valence-electron chi connectivity index (χ1n) is 8.56. The fraction of sp³-hybridized carbons (Fsp3) is 0.526. The van der Waals surface area contributed by atoms with E-state index in [-0.39, 0.29) is 19.6 Å². The van der Waals surface area contributed by atoms with Gasteiger partial charge in [-0.1, -0.05) is 23.7 Å². The number of esters is 2. The summed E-state index contributed by atoms with van der Waals surface area (Å²) in [5.74, 6) is -5.00. The van der Waals surface area contributed by atoms with Gasteiger partial charge in [0.1, 0.15) is 5.92 Å². The van der Waals surface area contributed by atoms with Crippen molar-refractivity contribution in [1.82, 2.24) is 0 Å². The molecule has 4 atom stereocenters. The maximum atomic E-state index is 12.7. The van der Waals surface area contributed by atoms with Crippen molar-refractivity contribution in [3.05, 3.63) is 34.9 Å². The third kappa shape index (κ3) is 4.07. The van der Waals surface area contributed by atoms with Gasteiger partial charge >= 0.3 is 11.9 Å². The second kappa shape index (κ2) is 8.18. The summed E-state index contributed by atoms with van der Waals surface area (Å²) in [5, 5.41) is 11.3. The SMILES string of the molecule is CCOC(=O)[C@@H]1C(=O)C[C@@](C)(O)[C@H](C(=O)OCC)[C@H]1c1ccc(Cl)cc1. The first-order chi connectivity index (χ1) is 12.2. The van der Waals surface area contributed by atoms with E-state index in [1.165, 1.54) is 6.92 Å². The van der Waals surface area contributed by atoms with Crippen LogP contribution in [0, 0.1) is 11.8 Å². The van der Waals surface area contributed by atoms with E-state index in [4.69, 9.17) is 21.1 Å². The van der Waals surface area contributed by atoms with Crippen molar-refractivity contribution in [3.8, 4) is 0 Å². The van der Waals surface area contributed by atoms with Crippen LogP contribution in [-0.4, -0.2) is 41.6 Å². The summed E-state index contributed by atoms with van der Waals surface area (Å²) in [5.41, 5.74) is -1.10. The van der Waals surface area contributed by atoms with Gasteiger partial charge in [-0.05, 0) is 38.5 Å². The van der Waals surface area contributed by atoms with Crippen LogP contribution in [0.2, 0.25) is 5.02 Å². The zero-order chi connectivity index (χ0) is 19.5.